The van der Waals surface area contributed by atoms with Crippen LogP contribution >= 0.6 is 11.3 Å². The molecule has 100 valence electrons. The number of nitrogens with two attached hydrogens (primary N) is 1. The minimum atomic E-state index is -0.473. The van der Waals surface area contributed by atoms with E-state index in [4.69, 9.17) is 5.73 Å². The number of nitrogens with zero attached hydrogens (tertiary/aromatic N) is 2. The highest BCUT2D eigenvalue weighted by Gasteiger charge is 2.10. The second kappa shape index (κ2) is 5.79. The normalized spacial score (nSPS) is 12.1. The van der Waals surface area contributed by atoms with Crippen LogP contribution in [0.2, 0.25) is 0 Å². The predicted octanol–water partition coefficient (Wildman–Crippen LogP) is 2.37. The van der Waals surface area contributed by atoms with E-state index in [1.54, 1.807) is 23.5 Å². The Kier molecular flexibility index (Phi) is 4.11. The van der Waals surface area contributed by atoms with E-state index in [1.165, 1.54) is 11.1 Å². The summed E-state index contributed by atoms with van der Waals surface area (Å²) in [5.74, 6) is 0.227. The highest BCUT2D eigenvalue weighted by Crippen LogP contribution is 2.23. The Bertz CT molecular complexity index is 564. The molecule has 0 saturated heterocycles. The molecule has 0 fully saturated rings. The molecule has 0 aliphatic rings. The maximum atomic E-state index is 10.9. The van der Waals surface area contributed by atoms with Crippen molar-refractivity contribution in [2.75, 3.05) is 5.32 Å². The Morgan fingerprint density at radius 3 is 2.74 bits per heavy atom. The second-order valence-electron chi connectivity index (χ2n) is 4.18. The largest absolute Gasteiger partial charge is 0.366 e. The average molecular weight is 276 g/mol. The fourth-order valence-electron chi connectivity index (χ4n) is 1.59. The fourth-order valence-corrected chi connectivity index (χ4v) is 2.45. The summed E-state index contributed by atoms with van der Waals surface area (Å²) in [5.41, 5.74) is 5.57. The number of hydrogen-bond acceptors (Lipinski definition) is 5. The predicted molar refractivity (Wildman–Crippen MR) is 76.3 cm³/mol. The van der Waals surface area contributed by atoms with E-state index in [-0.39, 0.29) is 6.04 Å². The molecule has 3 N–H and O–H groups in total. The topological polar surface area (TPSA) is 80.9 Å². The Morgan fingerprint density at radius 1 is 1.42 bits per heavy atom. The molecule has 5 nitrogen and oxygen atoms in total. The van der Waals surface area contributed by atoms with Gasteiger partial charge in [0.25, 0.3) is 0 Å². The van der Waals surface area contributed by atoms with Gasteiger partial charge in [-0.15, -0.1) is 11.3 Å². The first-order valence-electron chi connectivity index (χ1n) is 6.07. The summed E-state index contributed by atoms with van der Waals surface area (Å²) in [7, 11) is 0. The van der Waals surface area contributed by atoms with Gasteiger partial charge in [-0.2, -0.15) is 0 Å². The van der Waals surface area contributed by atoms with Gasteiger partial charge < -0.3 is 11.1 Å². The molecule has 1 atom stereocenters. The number of pyridine rings is 1. The van der Waals surface area contributed by atoms with Crippen LogP contribution in [0.15, 0.2) is 24.5 Å². The zero-order valence-corrected chi connectivity index (χ0v) is 11.7. The Hall–Kier alpha value is -1.95. The van der Waals surface area contributed by atoms with Gasteiger partial charge in [0.2, 0.25) is 5.91 Å². The van der Waals surface area contributed by atoms with Crippen molar-refractivity contribution >= 4 is 23.1 Å². The standard InChI is InChI=1S/C13H16N4OS/c1-3-10-7-16-13(19-10)8(2)17-11-5-4-9(6-15-11)12(14)18/h4-8H,3H2,1-2H3,(H2,14,18)(H,15,17). The third-order valence-corrected chi connectivity index (χ3v) is 4.03. The van der Waals surface area contributed by atoms with Gasteiger partial charge in [0.15, 0.2) is 0 Å². The van der Waals surface area contributed by atoms with Crippen molar-refractivity contribution in [2.24, 2.45) is 5.73 Å². The molecule has 1 unspecified atom stereocenters. The van der Waals surface area contributed by atoms with Crippen molar-refractivity contribution in [3.63, 3.8) is 0 Å². The summed E-state index contributed by atoms with van der Waals surface area (Å²) in [4.78, 5) is 20.8. The molecule has 2 rings (SSSR count). The minimum Gasteiger partial charge on any atom is -0.366 e. The van der Waals surface area contributed by atoms with E-state index < -0.39 is 5.91 Å². The summed E-state index contributed by atoms with van der Waals surface area (Å²) < 4.78 is 0. The first-order chi connectivity index (χ1) is 9.10. The van der Waals surface area contributed by atoms with Crippen LogP contribution in [-0.2, 0) is 6.42 Å². The third kappa shape index (κ3) is 3.29. The molecule has 0 spiro atoms. The second-order valence-corrected chi connectivity index (χ2v) is 5.33. The SMILES string of the molecule is CCc1cnc(C(C)Nc2ccc(C(N)=O)cn2)s1. The molecule has 0 radical (unpaired) electrons. The van der Waals surface area contributed by atoms with Crippen LogP contribution in [0.4, 0.5) is 5.82 Å². The highest BCUT2D eigenvalue weighted by atomic mass is 32.1. The van der Waals surface area contributed by atoms with E-state index >= 15 is 0 Å². The highest BCUT2D eigenvalue weighted by molar-refractivity contribution is 7.11. The van der Waals surface area contributed by atoms with Crippen molar-refractivity contribution < 1.29 is 4.79 Å². The van der Waals surface area contributed by atoms with Gasteiger partial charge in [-0.25, -0.2) is 9.97 Å². The molecular weight excluding hydrogens is 260 g/mol. The summed E-state index contributed by atoms with van der Waals surface area (Å²) in [6.07, 6.45) is 4.37. The molecule has 1 amide bonds. The van der Waals surface area contributed by atoms with E-state index in [2.05, 4.69) is 22.2 Å². The van der Waals surface area contributed by atoms with Crippen molar-refractivity contribution in [3.8, 4) is 0 Å². The zero-order valence-electron chi connectivity index (χ0n) is 10.9. The van der Waals surface area contributed by atoms with Crippen molar-refractivity contribution in [3.05, 3.63) is 40.0 Å². The molecule has 0 bridgehead atoms. The van der Waals surface area contributed by atoms with Gasteiger partial charge in [0.05, 0.1) is 11.6 Å². The number of hydrogen-bond donors (Lipinski definition) is 2. The van der Waals surface area contributed by atoms with E-state index in [0.29, 0.717) is 11.4 Å². The van der Waals surface area contributed by atoms with Gasteiger partial charge in [0, 0.05) is 17.3 Å². The van der Waals surface area contributed by atoms with Crippen LogP contribution < -0.4 is 11.1 Å². The number of rotatable bonds is 5. The smallest absolute Gasteiger partial charge is 0.250 e. The van der Waals surface area contributed by atoms with E-state index in [1.807, 2.05) is 13.1 Å². The van der Waals surface area contributed by atoms with Crippen molar-refractivity contribution in [1.29, 1.82) is 0 Å². The zero-order chi connectivity index (χ0) is 13.8. The van der Waals surface area contributed by atoms with Gasteiger partial charge in [0.1, 0.15) is 10.8 Å². The number of anilines is 1. The lowest BCUT2D eigenvalue weighted by Gasteiger charge is -2.11. The molecule has 0 saturated carbocycles. The number of primary amides is 1. The summed E-state index contributed by atoms with van der Waals surface area (Å²) in [6, 6.07) is 3.48. The number of aryl methyl sites for hydroxylation is 1. The minimum absolute atomic E-state index is 0.0808. The lowest BCUT2D eigenvalue weighted by molar-refractivity contribution is 0.1000. The Balaban J connectivity index is 2.05. The van der Waals surface area contributed by atoms with Crippen LogP contribution in [0.3, 0.4) is 0 Å². The lowest BCUT2D eigenvalue weighted by Crippen LogP contribution is -2.12. The van der Waals surface area contributed by atoms with Crippen molar-refractivity contribution in [1.82, 2.24) is 9.97 Å². The van der Waals surface area contributed by atoms with Crippen LogP contribution in [0.25, 0.3) is 0 Å². The third-order valence-electron chi connectivity index (χ3n) is 2.70. The van der Waals surface area contributed by atoms with E-state index in [0.717, 1.165) is 11.4 Å². The van der Waals surface area contributed by atoms with Gasteiger partial charge in [-0.1, -0.05) is 6.92 Å². The number of carbonyl (C=O) groups is 1. The number of thiazole rings is 1. The van der Waals surface area contributed by atoms with Crippen molar-refractivity contribution in [2.45, 2.75) is 26.3 Å². The molecule has 0 aromatic carbocycles. The van der Waals surface area contributed by atoms with Crippen LogP contribution in [0.1, 0.15) is 40.1 Å². The summed E-state index contributed by atoms with van der Waals surface area (Å²) in [6.45, 7) is 4.14. The molecule has 0 aliphatic carbocycles. The molecule has 2 aromatic rings. The monoisotopic (exact) mass is 276 g/mol. The lowest BCUT2D eigenvalue weighted by atomic mass is 10.2. The van der Waals surface area contributed by atoms with E-state index in [9.17, 15) is 4.79 Å². The molecule has 6 heteroatoms. The first-order valence-corrected chi connectivity index (χ1v) is 6.88. The maximum absolute atomic E-state index is 10.9. The van der Waals surface area contributed by atoms with Crippen LogP contribution in [-0.4, -0.2) is 15.9 Å². The maximum Gasteiger partial charge on any atom is 0.250 e. The molecule has 2 aromatic heterocycles. The molecule has 2 heterocycles. The van der Waals surface area contributed by atoms with Crippen LogP contribution in [0.5, 0.6) is 0 Å². The first kappa shape index (κ1) is 13.5. The van der Waals surface area contributed by atoms with Gasteiger partial charge >= 0.3 is 0 Å². The molecule has 19 heavy (non-hydrogen) atoms. The van der Waals surface area contributed by atoms with Gasteiger partial charge in [-0.3, -0.25) is 4.79 Å². The average Bonchev–Trinajstić information content (AvgIpc) is 2.88. The fraction of sp³-hybridized carbons (Fsp3) is 0.308. The summed E-state index contributed by atoms with van der Waals surface area (Å²) >= 11 is 1.69. The Labute approximate surface area is 115 Å². The summed E-state index contributed by atoms with van der Waals surface area (Å²) in [5, 5.41) is 4.27. The molecular formula is C13H16N4OS. The number of carbonyl (C=O) groups excluding carboxylic acids is 1. The quantitative estimate of drug-likeness (QED) is 0.878. The van der Waals surface area contributed by atoms with Gasteiger partial charge in [-0.05, 0) is 25.5 Å². The number of amides is 1. The number of nitrogens with one attached hydrogen (secondary N) is 1. The molecule has 0 aliphatic heterocycles. The Morgan fingerprint density at radius 2 is 2.21 bits per heavy atom. The van der Waals surface area contributed by atoms with Crippen LogP contribution in [0, 0.1) is 0 Å². The number of aromatic nitrogens is 2.